The topological polar surface area (TPSA) is 71.3 Å². The monoisotopic (exact) mass is 328 g/mol. The smallest absolute Gasteiger partial charge is 0.242 e. The van der Waals surface area contributed by atoms with Crippen molar-refractivity contribution in [2.45, 2.75) is 44.8 Å². The number of aryl methyl sites for hydroxylation is 1. The highest BCUT2D eigenvalue weighted by Crippen LogP contribution is 2.22. The van der Waals surface area contributed by atoms with Crippen molar-refractivity contribution in [3.8, 4) is 0 Å². The lowest BCUT2D eigenvalue weighted by Crippen LogP contribution is -2.26. The Morgan fingerprint density at radius 1 is 1.24 bits per heavy atom. The molecule has 0 aliphatic heterocycles. The van der Waals surface area contributed by atoms with Gasteiger partial charge in [0.05, 0.1) is 11.4 Å². The molecule has 0 aliphatic rings. The standard InChI is InChI=1S/C14H20N2O3S2/c1-10(2)15-9-13-14(6-7-20-13)21(17,18)16-8-12-5-4-11(3)19-12/h4-7,10,15-16H,8-9H2,1-3H3. The van der Waals surface area contributed by atoms with Gasteiger partial charge in [0.1, 0.15) is 11.5 Å². The summed E-state index contributed by atoms with van der Waals surface area (Å²) in [7, 11) is -3.52. The van der Waals surface area contributed by atoms with E-state index in [1.54, 1.807) is 17.5 Å². The minimum absolute atomic E-state index is 0.156. The maximum Gasteiger partial charge on any atom is 0.242 e. The van der Waals surface area contributed by atoms with E-state index in [0.29, 0.717) is 23.2 Å². The number of thiophene rings is 1. The third-order valence-corrected chi connectivity index (χ3v) is 5.43. The van der Waals surface area contributed by atoms with Crippen molar-refractivity contribution >= 4 is 21.4 Å². The summed E-state index contributed by atoms with van der Waals surface area (Å²) in [6.07, 6.45) is 0. The second-order valence-electron chi connectivity index (χ2n) is 5.08. The summed E-state index contributed by atoms with van der Waals surface area (Å²) in [5, 5.41) is 5.03. The molecule has 0 amide bonds. The van der Waals surface area contributed by atoms with Crippen LogP contribution in [0.5, 0.6) is 0 Å². The van der Waals surface area contributed by atoms with Crippen LogP contribution >= 0.6 is 11.3 Å². The minimum Gasteiger partial charge on any atom is -0.465 e. The van der Waals surface area contributed by atoms with Crippen LogP contribution in [0.2, 0.25) is 0 Å². The lowest BCUT2D eigenvalue weighted by molar-refractivity contribution is 0.475. The second-order valence-corrected chi connectivity index (χ2v) is 7.82. The van der Waals surface area contributed by atoms with Crippen molar-refractivity contribution in [3.63, 3.8) is 0 Å². The summed E-state index contributed by atoms with van der Waals surface area (Å²) >= 11 is 1.44. The van der Waals surface area contributed by atoms with Crippen LogP contribution in [0.4, 0.5) is 0 Å². The minimum atomic E-state index is -3.52. The fraction of sp³-hybridized carbons (Fsp3) is 0.429. The molecule has 0 spiro atoms. The number of nitrogens with one attached hydrogen (secondary N) is 2. The Hall–Kier alpha value is -1.15. The van der Waals surface area contributed by atoms with Crippen molar-refractivity contribution in [3.05, 3.63) is 40.0 Å². The van der Waals surface area contributed by atoms with Gasteiger partial charge in [-0.05, 0) is 30.5 Å². The Bertz CT molecular complexity index is 687. The molecule has 0 saturated heterocycles. The Labute approximate surface area is 129 Å². The molecular formula is C14H20N2O3S2. The quantitative estimate of drug-likeness (QED) is 0.819. The van der Waals surface area contributed by atoms with Crippen LogP contribution in [-0.2, 0) is 23.1 Å². The van der Waals surface area contributed by atoms with E-state index in [0.717, 1.165) is 10.6 Å². The summed E-state index contributed by atoms with van der Waals surface area (Å²) in [4.78, 5) is 1.15. The predicted molar refractivity (Wildman–Crippen MR) is 83.8 cm³/mol. The first-order valence-electron chi connectivity index (χ1n) is 6.73. The summed E-state index contributed by atoms with van der Waals surface area (Å²) in [5.74, 6) is 1.37. The molecule has 7 heteroatoms. The van der Waals surface area contributed by atoms with E-state index in [4.69, 9.17) is 4.42 Å². The lowest BCUT2D eigenvalue weighted by atomic mass is 10.4. The first-order chi connectivity index (χ1) is 9.88. The van der Waals surface area contributed by atoms with Crippen LogP contribution in [0, 0.1) is 6.92 Å². The summed E-state index contributed by atoms with van der Waals surface area (Å²) < 4.78 is 32.7. The molecule has 0 atom stereocenters. The molecule has 2 N–H and O–H groups in total. The van der Waals surface area contributed by atoms with Crippen molar-refractivity contribution in [2.75, 3.05) is 0 Å². The van der Waals surface area contributed by atoms with Gasteiger partial charge in [-0.25, -0.2) is 13.1 Å². The van der Waals surface area contributed by atoms with Crippen LogP contribution in [0.3, 0.4) is 0 Å². The number of hydrogen-bond donors (Lipinski definition) is 2. The van der Waals surface area contributed by atoms with Gasteiger partial charge in [0.25, 0.3) is 0 Å². The van der Waals surface area contributed by atoms with Gasteiger partial charge in [-0.3, -0.25) is 0 Å². The molecule has 0 aromatic carbocycles. The number of furan rings is 1. The maximum absolute atomic E-state index is 12.4. The zero-order valence-corrected chi connectivity index (χ0v) is 14.0. The van der Waals surface area contributed by atoms with E-state index in [-0.39, 0.29) is 6.54 Å². The molecule has 0 radical (unpaired) electrons. The van der Waals surface area contributed by atoms with E-state index >= 15 is 0 Å². The fourth-order valence-electron chi connectivity index (χ4n) is 1.82. The van der Waals surface area contributed by atoms with Gasteiger partial charge in [0.15, 0.2) is 0 Å². The molecule has 5 nitrogen and oxygen atoms in total. The normalized spacial score (nSPS) is 12.2. The zero-order chi connectivity index (χ0) is 15.5. The molecule has 0 bridgehead atoms. The third kappa shape index (κ3) is 4.41. The van der Waals surface area contributed by atoms with Crippen molar-refractivity contribution in [1.29, 1.82) is 0 Å². The van der Waals surface area contributed by atoms with Gasteiger partial charge < -0.3 is 9.73 Å². The molecule has 0 unspecified atom stereocenters. The number of hydrogen-bond acceptors (Lipinski definition) is 5. The molecule has 0 fully saturated rings. The molecule has 116 valence electrons. The fourth-order valence-corrected chi connectivity index (χ4v) is 4.20. The van der Waals surface area contributed by atoms with Gasteiger partial charge in [-0.15, -0.1) is 11.3 Å². The number of sulfonamides is 1. The Balaban J connectivity index is 2.07. The first-order valence-corrected chi connectivity index (χ1v) is 9.09. The Kier molecular flexibility index (Phi) is 5.21. The van der Waals surface area contributed by atoms with Gasteiger partial charge in [0, 0.05) is 17.5 Å². The molecule has 0 aliphatic carbocycles. The zero-order valence-electron chi connectivity index (χ0n) is 12.3. The highest BCUT2D eigenvalue weighted by molar-refractivity contribution is 7.89. The van der Waals surface area contributed by atoms with Crippen molar-refractivity contribution in [2.24, 2.45) is 0 Å². The van der Waals surface area contributed by atoms with Crippen LogP contribution in [0.25, 0.3) is 0 Å². The summed E-state index contributed by atoms with van der Waals surface area (Å²) in [6.45, 7) is 6.58. The summed E-state index contributed by atoms with van der Waals surface area (Å²) in [5.41, 5.74) is 0. The second kappa shape index (κ2) is 6.74. The first kappa shape index (κ1) is 16.2. The average molecular weight is 328 g/mol. The van der Waals surface area contributed by atoms with Crippen molar-refractivity contribution < 1.29 is 12.8 Å². The van der Waals surface area contributed by atoms with E-state index in [2.05, 4.69) is 10.0 Å². The molecule has 0 saturated carbocycles. The Morgan fingerprint density at radius 3 is 2.62 bits per heavy atom. The molecule has 2 aromatic heterocycles. The third-order valence-electron chi connectivity index (χ3n) is 2.90. The number of rotatable bonds is 7. The van der Waals surface area contributed by atoms with Crippen LogP contribution < -0.4 is 10.0 Å². The lowest BCUT2D eigenvalue weighted by Gasteiger charge is -2.09. The van der Waals surface area contributed by atoms with E-state index in [1.165, 1.54) is 11.3 Å². The largest absolute Gasteiger partial charge is 0.465 e. The highest BCUT2D eigenvalue weighted by Gasteiger charge is 2.20. The summed E-state index contributed by atoms with van der Waals surface area (Å²) in [6, 6.07) is 5.53. The van der Waals surface area contributed by atoms with E-state index in [9.17, 15) is 8.42 Å². The average Bonchev–Trinajstić information content (AvgIpc) is 3.03. The van der Waals surface area contributed by atoms with Crippen LogP contribution in [0.1, 0.15) is 30.2 Å². The van der Waals surface area contributed by atoms with Gasteiger partial charge in [0.2, 0.25) is 10.0 Å². The van der Waals surface area contributed by atoms with Gasteiger partial charge in [-0.2, -0.15) is 0 Å². The van der Waals surface area contributed by atoms with Crippen LogP contribution in [0.15, 0.2) is 32.9 Å². The van der Waals surface area contributed by atoms with Gasteiger partial charge in [-0.1, -0.05) is 13.8 Å². The van der Waals surface area contributed by atoms with Crippen LogP contribution in [-0.4, -0.2) is 14.5 Å². The SMILES string of the molecule is Cc1ccc(CNS(=O)(=O)c2ccsc2CNC(C)C)o1. The molecule has 2 rings (SSSR count). The Morgan fingerprint density at radius 2 is 2.00 bits per heavy atom. The predicted octanol–water partition coefficient (Wildman–Crippen LogP) is 2.63. The van der Waals surface area contributed by atoms with Crippen molar-refractivity contribution in [1.82, 2.24) is 10.0 Å². The molecule has 2 aromatic rings. The van der Waals surface area contributed by atoms with E-state index < -0.39 is 10.0 Å². The highest BCUT2D eigenvalue weighted by atomic mass is 32.2. The molecular weight excluding hydrogens is 308 g/mol. The molecule has 2 heterocycles. The maximum atomic E-state index is 12.4. The van der Waals surface area contributed by atoms with E-state index in [1.807, 2.05) is 26.8 Å². The van der Waals surface area contributed by atoms with Gasteiger partial charge >= 0.3 is 0 Å². The molecule has 21 heavy (non-hydrogen) atoms.